The Morgan fingerprint density at radius 2 is 1.85 bits per heavy atom. The minimum atomic E-state index is -0.103. The van der Waals surface area contributed by atoms with E-state index in [9.17, 15) is 4.79 Å². The molecule has 0 bridgehead atoms. The summed E-state index contributed by atoms with van der Waals surface area (Å²) < 4.78 is 3.06. The lowest BCUT2D eigenvalue weighted by Crippen LogP contribution is -2.21. The van der Waals surface area contributed by atoms with Gasteiger partial charge in [-0.15, -0.1) is 5.10 Å². The molecule has 0 aliphatic carbocycles. The summed E-state index contributed by atoms with van der Waals surface area (Å²) >= 11 is 0. The molecule has 20 heavy (non-hydrogen) atoms. The molecule has 3 aromatic rings. The molecule has 3 rings (SSSR count). The van der Waals surface area contributed by atoms with Gasteiger partial charge in [-0.05, 0) is 29.2 Å². The Labute approximate surface area is 117 Å². The second-order valence-electron chi connectivity index (χ2n) is 5.27. The Morgan fingerprint density at radius 3 is 2.50 bits per heavy atom. The Kier molecular flexibility index (Phi) is 3.14. The molecule has 4 heteroatoms. The van der Waals surface area contributed by atoms with Crippen LogP contribution in [-0.4, -0.2) is 14.2 Å². The number of nitrogens with zero attached hydrogens (tertiary/aromatic N) is 3. The number of rotatable bonds is 3. The Hall–Kier alpha value is -2.36. The number of hydrogen-bond donors (Lipinski definition) is 0. The molecule has 0 fully saturated rings. The number of pyridine rings is 1. The van der Waals surface area contributed by atoms with Gasteiger partial charge in [0, 0.05) is 6.20 Å². The Morgan fingerprint density at radius 1 is 1.10 bits per heavy atom. The zero-order valence-electron chi connectivity index (χ0n) is 11.7. The SMILES string of the molecule is CC(C)c1ccc(Cn2nc3ccccn3c2=O)cc1. The van der Waals surface area contributed by atoms with Gasteiger partial charge in [0.05, 0.1) is 6.54 Å². The Bertz CT molecular complexity index is 781. The van der Waals surface area contributed by atoms with Crippen molar-refractivity contribution in [3.05, 3.63) is 70.3 Å². The fourth-order valence-electron chi connectivity index (χ4n) is 2.25. The van der Waals surface area contributed by atoms with Gasteiger partial charge in [-0.25, -0.2) is 9.48 Å². The van der Waals surface area contributed by atoms with Gasteiger partial charge in [-0.3, -0.25) is 4.40 Å². The zero-order valence-corrected chi connectivity index (χ0v) is 11.7. The average molecular weight is 267 g/mol. The lowest BCUT2D eigenvalue weighted by Gasteiger charge is -2.06. The second-order valence-corrected chi connectivity index (χ2v) is 5.27. The fraction of sp³-hybridized carbons (Fsp3) is 0.250. The molecule has 1 aromatic carbocycles. The van der Waals surface area contributed by atoms with E-state index in [0.717, 1.165) is 5.56 Å². The molecule has 102 valence electrons. The fourth-order valence-corrected chi connectivity index (χ4v) is 2.25. The topological polar surface area (TPSA) is 39.3 Å². The van der Waals surface area contributed by atoms with Gasteiger partial charge in [0.1, 0.15) is 0 Å². The van der Waals surface area contributed by atoms with Crippen LogP contribution in [0, 0.1) is 0 Å². The first-order valence-corrected chi connectivity index (χ1v) is 6.78. The maximum Gasteiger partial charge on any atom is 0.350 e. The summed E-state index contributed by atoms with van der Waals surface area (Å²) in [7, 11) is 0. The summed E-state index contributed by atoms with van der Waals surface area (Å²) in [5.41, 5.74) is 2.96. The predicted molar refractivity (Wildman–Crippen MR) is 79.1 cm³/mol. The van der Waals surface area contributed by atoms with E-state index in [1.165, 1.54) is 10.2 Å². The van der Waals surface area contributed by atoms with Crippen molar-refractivity contribution < 1.29 is 0 Å². The highest BCUT2D eigenvalue weighted by molar-refractivity contribution is 5.35. The second kappa shape index (κ2) is 4.96. The number of hydrogen-bond acceptors (Lipinski definition) is 2. The summed E-state index contributed by atoms with van der Waals surface area (Å²) in [5.74, 6) is 0.516. The molecule has 0 saturated carbocycles. The third-order valence-corrected chi connectivity index (χ3v) is 3.47. The summed E-state index contributed by atoms with van der Waals surface area (Å²) in [6.07, 6.45) is 1.74. The molecular formula is C16H17N3O. The van der Waals surface area contributed by atoms with Crippen LogP contribution < -0.4 is 5.69 Å². The molecular weight excluding hydrogens is 250 g/mol. The van der Waals surface area contributed by atoms with Gasteiger partial charge in [-0.1, -0.05) is 44.2 Å². The van der Waals surface area contributed by atoms with Crippen LogP contribution in [0.2, 0.25) is 0 Å². The normalized spacial score (nSPS) is 11.3. The van der Waals surface area contributed by atoms with E-state index in [2.05, 4.69) is 43.2 Å². The molecule has 0 amide bonds. The molecule has 0 N–H and O–H groups in total. The van der Waals surface area contributed by atoms with E-state index in [0.29, 0.717) is 18.1 Å². The third-order valence-electron chi connectivity index (χ3n) is 3.47. The molecule has 2 aromatic heterocycles. The van der Waals surface area contributed by atoms with E-state index in [4.69, 9.17) is 0 Å². The lowest BCUT2D eigenvalue weighted by atomic mass is 10.0. The van der Waals surface area contributed by atoms with Crippen LogP contribution in [0.3, 0.4) is 0 Å². The summed E-state index contributed by atoms with van der Waals surface area (Å²) in [5, 5.41) is 4.33. The van der Waals surface area contributed by atoms with E-state index in [1.54, 1.807) is 10.6 Å². The average Bonchev–Trinajstić information content (AvgIpc) is 2.77. The van der Waals surface area contributed by atoms with Crippen LogP contribution in [0.1, 0.15) is 30.9 Å². The van der Waals surface area contributed by atoms with Gasteiger partial charge in [0.25, 0.3) is 0 Å². The van der Waals surface area contributed by atoms with Crippen molar-refractivity contribution in [2.45, 2.75) is 26.3 Å². The van der Waals surface area contributed by atoms with Gasteiger partial charge in [0.2, 0.25) is 0 Å². The maximum atomic E-state index is 12.2. The maximum absolute atomic E-state index is 12.2. The van der Waals surface area contributed by atoms with Crippen LogP contribution in [0.4, 0.5) is 0 Å². The number of benzene rings is 1. The molecule has 0 aliphatic rings. The van der Waals surface area contributed by atoms with Crippen LogP contribution in [0.25, 0.3) is 5.65 Å². The highest BCUT2D eigenvalue weighted by Crippen LogP contribution is 2.14. The van der Waals surface area contributed by atoms with E-state index >= 15 is 0 Å². The minimum absolute atomic E-state index is 0.103. The summed E-state index contributed by atoms with van der Waals surface area (Å²) in [4.78, 5) is 12.2. The molecule has 0 spiro atoms. The predicted octanol–water partition coefficient (Wildman–Crippen LogP) is 2.67. The van der Waals surface area contributed by atoms with Gasteiger partial charge < -0.3 is 0 Å². The van der Waals surface area contributed by atoms with Crippen molar-refractivity contribution in [1.82, 2.24) is 14.2 Å². The summed E-state index contributed by atoms with van der Waals surface area (Å²) in [6, 6.07) is 13.9. The van der Waals surface area contributed by atoms with E-state index in [1.807, 2.05) is 18.2 Å². The van der Waals surface area contributed by atoms with Crippen molar-refractivity contribution in [1.29, 1.82) is 0 Å². The molecule has 0 unspecified atom stereocenters. The molecule has 0 radical (unpaired) electrons. The summed E-state index contributed by atoms with van der Waals surface area (Å²) in [6.45, 7) is 4.84. The lowest BCUT2D eigenvalue weighted by molar-refractivity contribution is 0.658. The number of aromatic nitrogens is 3. The van der Waals surface area contributed by atoms with Crippen LogP contribution in [-0.2, 0) is 6.54 Å². The van der Waals surface area contributed by atoms with Crippen molar-refractivity contribution in [3.8, 4) is 0 Å². The van der Waals surface area contributed by atoms with Gasteiger partial charge >= 0.3 is 5.69 Å². The third kappa shape index (κ3) is 2.25. The highest BCUT2D eigenvalue weighted by atomic mass is 16.2. The van der Waals surface area contributed by atoms with E-state index < -0.39 is 0 Å². The first-order valence-electron chi connectivity index (χ1n) is 6.78. The first-order chi connectivity index (χ1) is 9.65. The van der Waals surface area contributed by atoms with Crippen LogP contribution in [0.15, 0.2) is 53.5 Å². The largest absolute Gasteiger partial charge is 0.350 e. The van der Waals surface area contributed by atoms with Crippen molar-refractivity contribution in [2.24, 2.45) is 0 Å². The van der Waals surface area contributed by atoms with Crippen molar-refractivity contribution in [3.63, 3.8) is 0 Å². The van der Waals surface area contributed by atoms with Crippen LogP contribution in [0.5, 0.6) is 0 Å². The van der Waals surface area contributed by atoms with Crippen LogP contribution >= 0.6 is 0 Å². The van der Waals surface area contributed by atoms with Gasteiger partial charge in [-0.2, -0.15) is 0 Å². The number of fused-ring (bicyclic) bond motifs is 1. The van der Waals surface area contributed by atoms with E-state index in [-0.39, 0.29) is 5.69 Å². The highest BCUT2D eigenvalue weighted by Gasteiger charge is 2.06. The quantitative estimate of drug-likeness (QED) is 0.732. The molecule has 0 saturated heterocycles. The molecule has 4 nitrogen and oxygen atoms in total. The first kappa shape index (κ1) is 12.7. The molecule has 0 aliphatic heterocycles. The monoisotopic (exact) mass is 267 g/mol. The Balaban J connectivity index is 1.93. The molecule has 0 atom stereocenters. The zero-order chi connectivity index (χ0) is 14.1. The smallest absolute Gasteiger partial charge is 0.250 e. The van der Waals surface area contributed by atoms with Crippen molar-refractivity contribution in [2.75, 3.05) is 0 Å². The van der Waals surface area contributed by atoms with Gasteiger partial charge in [0.15, 0.2) is 5.65 Å². The minimum Gasteiger partial charge on any atom is -0.250 e. The molecule has 2 heterocycles. The standard InChI is InChI=1S/C16H17N3O/c1-12(2)14-8-6-13(7-9-14)11-19-16(20)18-10-4-3-5-15(18)17-19/h3-10,12H,11H2,1-2H3. The van der Waals surface area contributed by atoms with Crippen molar-refractivity contribution >= 4 is 5.65 Å².